The summed E-state index contributed by atoms with van der Waals surface area (Å²) in [6.45, 7) is 9.24. The van der Waals surface area contributed by atoms with Gasteiger partial charge in [0.25, 0.3) is 0 Å². The third-order valence-corrected chi connectivity index (χ3v) is 8.16. The van der Waals surface area contributed by atoms with Crippen molar-refractivity contribution in [3.63, 3.8) is 0 Å². The van der Waals surface area contributed by atoms with Crippen LogP contribution in [0.2, 0.25) is 2.66 Å². The zero-order valence-corrected chi connectivity index (χ0v) is 21.1. The topological polar surface area (TPSA) is 59.0 Å². The summed E-state index contributed by atoms with van der Waals surface area (Å²) in [6, 6.07) is 4.32. The summed E-state index contributed by atoms with van der Waals surface area (Å²) in [5.41, 5.74) is 2.23. The molecule has 1 aromatic carbocycles. The second-order valence-electron chi connectivity index (χ2n) is 10.4. The Kier molecular flexibility index (Phi) is 5.91. The molecule has 5 rings (SSSR count). The molecule has 6 heteroatoms. The van der Waals surface area contributed by atoms with E-state index in [4.69, 9.17) is 9.47 Å². The van der Waals surface area contributed by atoms with E-state index >= 15 is 0 Å². The van der Waals surface area contributed by atoms with E-state index in [1.54, 1.807) is 0 Å². The van der Waals surface area contributed by atoms with Crippen LogP contribution in [0.15, 0.2) is 24.3 Å². The molecule has 0 saturated carbocycles. The number of aliphatic hydroxyl groups excluding tert-OH is 1. The fraction of sp³-hybridized carbons (Fsp3) is 0.625. The fourth-order valence-corrected chi connectivity index (χ4v) is 5.46. The van der Waals surface area contributed by atoms with Crippen LogP contribution < -0.4 is 9.47 Å². The van der Waals surface area contributed by atoms with E-state index < -0.39 is 6.10 Å². The van der Waals surface area contributed by atoms with Gasteiger partial charge in [0.05, 0.1) is 0 Å². The van der Waals surface area contributed by atoms with Crippen LogP contribution in [0, 0.1) is 5.92 Å². The number of esters is 1. The number of ether oxygens (including phenoxy) is 2. The predicted octanol–water partition coefficient (Wildman–Crippen LogP) is 3.18. The van der Waals surface area contributed by atoms with Gasteiger partial charge < -0.3 is 19.5 Å². The number of nitrogens with zero attached hydrogens (tertiary/aromatic N) is 1. The van der Waals surface area contributed by atoms with Crippen molar-refractivity contribution in [2.45, 2.75) is 73.3 Å². The molecule has 1 spiro atoms. The molecule has 30 heavy (non-hydrogen) atoms. The van der Waals surface area contributed by atoms with Gasteiger partial charge in [-0.1, -0.05) is 18.2 Å². The van der Waals surface area contributed by atoms with Gasteiger partial charge in [0, 0.05) is 29.9 Å². The molecule has 5 atom stereocenters. The standard InChI is InChI=1S/C19H21NO4.C5H11.Na/c1-10(21)23-15-6-3-11-9-13-12-4-5-14(22)18-19(12,7-8-20(13)2)16(11)17(15)24-18;1-4-5(2)3;/h3-6,12-14,18,22H,7-9H2,1-2H3;4H2,1-3H3;/t12-,13+,14-,18-,19-;;/m0../s1. The van der Waals surface area contributed by atoms with Crippen LogP contribution in [0.3, 0.4) is 0 Å². The molecule has 4 aliphatic rings. The van der Waals surface area contributed by atoms with Crippen molar-refractivity contribution in [3.05, 3.63) is 35.4 Å². The van der Waals surface area contributed by atoms with E-state index in [1.165, 1.54) is 52.4 Å². The van der Waals surface area contributed by atoms with Gasteiger partial charge >= 0.3 is 63.8 Å². The summed E-state index contributed by atoms with van der Waals surface area (Å²) < 4.78 is 12.3. The SMILES string of the molecule is CC(=O)Oc1ccc2c3c1O[C@H]1[C@@H](O)C=C[C@H]4[C@@H](C2)N(C)CC[C@@]341.CC[C](C)(C)[Na]. The van der Waals surface area contributed by atoms with Crippen molar-refractivity contribution < 1.29 is 19.4 Å². The van der Waals surface area contributed by atoms with E-state index in [1.807, 2.05) is 12.1 Å². The molecule has 0 radical (unpaired) electrons. The number of likely N-dealkylation sites (tertiary alicyclic amines) is 1. The summed E-state index contributed by atoms with van der Waals surface area (Å²) in [4.78, 5) is 13.9. The summed E-state index contributed by atoms with van der Waals surface area (Å²) in [5.74, 6) is 1.12. The molecular formula is C24H32NNaO4. The number of aliphatic hydroxyl groups is 1. The summed E-state index contributed by atoms with van der Waals surface area (Å²) in [6.07, 6.45) is 6.37. The zero-order valence-electron chi connectivity index (χ0n) is 19.1. The average Bonchev–Trinajstić information content (AvgIpc) is 3.03. The molecule has 0 amide bonds. The fourth-order valence-electron chi connectivity index (χ4n) is 5.46. The molecule has 1 aromatic rings. The van der Waals surface area contributed by atoms with Gasteiger partial charge in [-0.15, -0.1) is 0 Å². The molecule has 1 fully saturated rings. The van der Waals surface area contributed by atoms with Crippen molar-refractivity contribution in [1.29, 1.82) is 0 Å². The van der Waals surface area contributed by atoms with E-state index in [9.17, 15) is 9.90 Å². The quantitative estimate of drug-likeness (QED) is 0.344. The number of carbonyl (C=O) groups is 1. The number of benzene rings is 1. The Labute approximate surface area is 197 Å². The maximum absolute atomic E-state index is 11.5. The van der Waals surface area contributed by atoms with Gasteiger partial charge in [-0.05, 0) is 38.1 Å². The van der Waals surface area contributed by atoms with Crippen LogP contribution in [0.1, 0.15) is 51.7 Å². The summed E-state index contributed by atoms with van der Waals surface area (Å²) >= 11 is 1.33. The average molecular weight is 422 g/mol. The molecule has 0 aromatic heterocycles. The molecule has 2 heterocycles. The maximum atomic E-state index is 11.5. The Morgan fingerprint density at radius 2 is 2.10 bits per heavy atom. The Morgan fingerprint density at radius 1 is 1.40 bits per heavy atom. The van der Waals surface area contributed by atoms with Crippen LogP contribution >= 0.6 is 0 Å². The predicted molar refractivity (Wildman–Crippen MR) is 117 cm³/mol. The molecule has 5 nitrogen and oxygen atoms in total. The Hall–Kier alpha value is -0.850. The number of hydrogen-bond acceptors (Lipinski definition) is 5. The molecule has 1 N–H and O–H groups in total. The second-order valence-corrected chi connectivity index (χ2v) is 13.1. The number of likely N-dealkylation sites (N-methyl/N-ethyl adjacent to an activating group) is 1. The third kappa shape index (κ3) is 3.57. The Balaban J connectivity index is 0.000000322. The van der Waals surface area contributed by atoms with Crippen LogP contribution in [-0.2, 0) is 16.6 Å². The summed E-state index contributed by atoms with van der Waals surface area (Å²) in [7, 11) is 2.18. The van der Waals surface area contributed by atoms with Crippen molar-refractivity contribution >= 4 is 33.9 Å². The molecule has 2 aliphatic carbocycles. The first-order valence-corrected chi connectivity index (χ1v) is 12.2. The first-order valence-electron chi connectivity index (χ1n) is 11.2. The Bertz CT molecular complexity index is 877. The Morgan fingerprint density at radius 3 is 2.73 bits per heavy atom. The van der Waals surface area contributed by atoms with Crippen molar-refractivity contribution in [1.82, 2.24) is 4.90 Å². The number of hydrogen-bond donors (Lipinski definition) is 1. The third-order valence-electron chi connectivity index (χ3n) is 7.45. The molecule has 0 unspecified atom stereocenters. The van der Waals surface area contributed by atoms with Gasteiger partial charge in [-0.2, -0.15) is 0 Å². The van der Waals surface area contributed by atoms with Crippen LogP contribution in [0.25, 0.3) is 0 Å². The van der Waals surface area contributed by atoms with Crippen LogP contribution in [0.4, 0.5) is 0 Å². The van der Waals surface area contributed by atoms with Crippen LogP contribution in [0.5, 0.6) is 11.5 Å². The van der Waals surface area contributed by atoms with E-state index in [0.29, 0.717) is 26.1 Å². The molecule has 158 valence electrons. The minimum atomic E-state index is -0.631. The van der Waals surface area contributed by atoms with Gasteiger partial charge in [-0.25, -0.2) is 0 Å². The summed E-state index contributed by atoms with van der Waals surface area (Å²) in [5, 5.41) is 10.6. The van der Waals surface area contributed by atoms with Gasteiger partial charge in [0.1, 0.15) is 12.2 Å². The van der Waals surface area contributed by atoms with Crippen LogP contribution in [-0.4, -0.2) is 75.7 Å². The van der Waals surface area contributed by atoms with Crippen molar-refractivity contribution in [2.75, 3.05) is 13.6 Å². The monoisotopic (exact) mass is 421 g/mol. The zero-order chi connectivity index (χ0) is 21.8. The van der Waals surface area contributed by atoms with E-state index in [0.717, 1.165) is 19.4 Å². The van der Waals surface area contributed by atoms with E-state index in [-0.39, 0.29) is 17.5 Å². The number of rotatable bonds is 2. The molecule has 2 bridgehead atoms. The first kappa shape index (κ1) is 22.3. The van der Waals surface area contributed by atoms with Gasteiger partial charge in [0.2, 0.25) is 0 Å². The second kappa shape index (κ2) is 7.93. The number of carbonyl (C=O) groups excluding carboxylic acids is 1. The first-order chi connectivity index (χ1) is 14.1. The molecular weight excluding hydrogens is 389 g/mol. The van der Waals surface area contributed by atoms with Crippen molar-refractivity contribution in [2.24, 2.45) is 5.92 Å². The molecule has 2 aliphatic heterocycles. The van der Waals surface area contributed by atoms with Gasteiger partial charge in [-0.3, -0.25) is 4.79 Å². The normalized spacial score (nSPS) is 33.2. The number of piperidine rings is 1. The minimum absolute atomic E-state index is 0.204. The molecule has 1 saturated heterocycles. The van der Waals surface area contributed by atoms with E-state index in [2.05, 4.69) is 44.9 Å². The van der Waals surface area contributed by atoms with Crippen molar-refractivity contribution in [3.8, 4) is 11.5 Å². The van der Waals surface area contributed by atoms with Gasteiger partial charge in [0.15, 0.2) is 11.5 Å².